The van der Waals surface area contributed by atoms with Crippen LogP contribution >= 0.6 is 0 Å². The number of ether oxygens (including phenoxy) is 1. The third-order valence-corrected chi connectivity index (χ3v) is 1.37. The Kier molecular flexibility index (Phi) is 2.18. The Labute approximate surface area is 67.7 Å². The first-order valence-corrected chi connectivity index (χ1v) is 3.16. The number of nitrogens with zero attached hydrogens (tertiary/aromatic N) is 1. The van der Waals surface area contributed by atoms with Crippen LogP contribution in [0.5, 0.6) is 0 Å². The van der Waals surface area contributed by atoms with E-state index in [-0.39, 0.29) is 6.54 Å². The van der Waals surface area contributed by atoms with Gasteiger partial charge in [-0.15, -0.1) is 0 Å². The van der Waals surface area contributed by atoms with Crippen LogP contribution in [0.1, 0.15) is 0 Å². The first-order chi connectivity index (χ1) is 5.61. The fraction of sp³-hybridized carbons (Fsp3) is 0.333. The van der Waals surface area contributed by atoms with Crippen molar-refractivity contribution in [2.45, 2.75) is 6.10 Å². The van der Waals surface area contributed by atoms with E-state index in [0.717, 1.165) is 11.2 Å². The van der Waals surface area contributed by atoms with Crippen LogP contribution in [0.25, 0.3) is 0 Å². The molecule has 0 fully saturated rings. The van der Waals surface area contributed by atoms with E-state index in [1.165, 1.54) is 6.20 Å². The second kappa shape index (κ2) is 3.12. The van der Waals surface area contributed by atoms with Crippen molar-refractivity contribution < 1.29 is 24.5 Å². The summed E-state index contributed by atoms with van der Waals surface area (Å²) in [4.78, 5) is 21.5. The molecule has 0 radical (unpaired) electrons. The lowest BCUT2D eigenvalue weighted by Crippen LogP contribution is -2.40. The van der Waals surface area contributed by atoms with E-state index in [9.17, 15) is 9.59 Å². The molecule has 0 aromatic rings. The van der Waals surface area contributed by atoms with Gasteiger partial charge in [0.05, 0.1) is 6.54 Å². The molecule has 2 N–H and O–H groups in total. The maximum absolute atomic E-state index is 10.3. The Bertz CT molecular complexity index is 236. The molecule has 1 amide bonds. The van der Waals surface area contributed by atoms with Gasteiger partial charge >= 0.3 is 12.1 Å². The Morgan fingerprint density at radius 2 is 2.17 bits per heavy atom. The molecule has 6 nitrogen and oxygen atoms in total. The van der Waals surface area contributed by atoms with Crippen molar-refractivity contribution in [3.05, 3.63) is 12.5 Å². The van der Waals surface area contributed by atoms with Gasteiger partial charge in [0.1, 0.15) is 6.26 Å². The summed E-state index contributed by atoms with van der Waals surface area (Å²) in [6.07, 6.45) is -0.0788. The minimum Gasteiger partial charge on any atom is -0.483 e. The topological polar surface area (TPSA) is 87.1 Å². The summed E-state index contributed by atoms with van der Waals surface area (Å²) < 4.78 is 4.63. The largest absolute Gasteiger partial charge is 0.483 e. The van der Waals surface area contributed by atoms with Crippen LogP contribution in [0.4, 0.5) is 4.79 Å². The molecule has 0 spiro atoms. The molecule has 1 heterocycles. The molecule has 12 heavy (non-hydrogen) atoms. The van der Waals surface area contributed by atoms with E-state index in [4.69, 9.17) is 10.2 Å². The summed E-state index contributed by atoms with van der Waals surface area (Å²) in [6, 6.07) is 0. The lowest BCUT2D eigenvalue weighted by atomic mass is 10.3. The molecule has 0 saturated carbocycles. The summed E-state index contributed by atoms with van der Waals surface area (Å²) in [5, 5.41) is 16.9. The van der Waals surface area contributed by atoms with E-state index in [0.29, 0.717) is 0 Å². The van der Waals surface area contributed by atoms with Gasteiger partial charge in [-0.25, -0.2) is 9.59 Å². The highest BCUT2D eigenvalue weighted by Gasteiger charge is 2.26. The molecule has 0 aromatic carbocycles. The number of hydrogen-bond acceptors (Lipinski definition) is 3. The van der Waals surface area contributed by atoms with E-state index >= 15 is 0 Å². The normalized spacial score (nSPS) is 21.7. The van der Waals surface area contributed by atoms with Gasteiger partial charge in [-0.2, -0.15) is 0 Å². The zero-order chi connectivity index (χ0) is 9.14. The number of carboxylic acid groups (broad SMARTS) is 2. The molecule has 0 bridgehead atoms. The summed E-state index contributed by atoms with van der Waals surface area (Å²) in [5.41, 5.74) is 0. The molecular weight excluding hydrogens is 166 g/mol. The number of hydrogen-bond donors (Lipinski definition) is 2. The van der Waals surface area contributed by atoms with Gasteiger partial charge in [-0.1, -0.05) is 0 Å². The van der Waals surface area contributed by atoms with Crippen LogP contribution < -0.4 is 0 Å². The fourth-order valence-electron chi connectivity index (χ4n) is 0.764. The molecule has 1 aliphatic heterocycles. The quantitative estimate of drug-likeness (QED) is 0.579. The van der Waals surface area contributed by atoms with Gasteiger partial charge in [0.15, 0.2) is 0 Å². The van der Waals surface area contributed by atoms with Crippen LogP contribution in [0, 0.1) is 0 Å². The number of aliphatic carboxylic acids is 1. The molecule has 1 atom stereocenters. The molecule has 1 aliphatic rings. The molecule has 1 unspecified atom stereocenters. The molecule has 66 valence electrons. The van der Waals surface area contributed by atoms with Gasteiger partial charge in [-0.05, 0) is 0 Å². The van der Waals surface area contributed by atoms with E-state index < -0.39 is 18.2 Å². The maximum atomic E-state index is 10.3. The van der Waals surface area contributed by atoms with Crippen LogP contribution in [0.2, 0.25) is 0 Å². The second-order valence-electron chi connectivity index (χ2n) is 2.18. The zero-order valence-corrected chi connectivity index (χ0v) is 6.01. The Hall–Kier alpha value is -1.72. The minimum absolute atomic E-state index is 0.179. The Balaban J connectivity index is 2.63. The summed E-state index contributed by atoms with van der Waals surface area (Å²) in [7, 11) is 0. The molecule has 0 aliphatic carbocycles. The lowest BCUT2D eigenvalue weighted by molar-refractivity contribution is -0.148. The third kappa shape index (κ3) is 1.66. The van der Waals surface area contributed by atoms with Crippen molar-refractivity contribution in [3.8, 4) is 0 Å². The molecule has 6 heteroatoms. The zero-order valence-electron chi connectivity index (χ0n) is 6.01. The molecule has 1 rings (SSSR count). The SMILES string of the molecule is O=C(O)C1CN(C(=O)O)C=CO1. The first-order valence-electron chi connectivity index (χ1n) is 3.16. The van der Waals surface area contributed by atoms with Crippen molar-refractivity contribution >= 4 is 12.1 Å². The number of carbonyl (C=O) groups is 2. The van der Waals surface area contributed by atoms with Gasteiger partial charge in [0.25, 0.3) is 0 Å². The molecular formula is C6H7NO5. The summed E-state index contributed by atoms with van der Waals surface area (Å²) in [5.74, 6) is -1.18. The van der Waals surface area contributed by atoms with Crippen molar-refractivity contribution in [3.63, 3.8) is 0 Å². The third-order valence-electron chi connectivity index (χ3n) is 1.37. The highest BCUT2D eigenvalue weighted by Crippen LogP contribution is 2.06. The van der Waals surface area contributed by atoms with Crippen molar-refractivity contribution in [1.82, 2.24) is 4.90 Å². The average Bonchev–Trinajstić information content (AvgIpc) is 2.04. The smallest absolute Gasteiger partial charge is 0.411 e. The Morgan fingerprint density at radius 3 is 2.67 bits per heavy atom. The summed E-state index contributed by atoms with van der Waals surface area (Å²) >= 11 is 0. The lowest BCUT2D eigenvalue weighted by Gasteiger charge is -2.23. The summed E-state index contributed by atoms with van der Waals surface area (Å²) in [6.45, 7) is -0.179. The van der Waals surface area contributed by atoms with Crippen molar-refractivity contribution in [1.29, 1.82) is 0 Å². The standard InChI is InChI=1S/C6H7NO5/c8-5(9)4-3-7(6(10)11)1-2-12-4/h1-2,4H,3H2,(H,8,9)(H,10,11). The van der Waals surface area contributed by atoms with Crippen LogP contribution in [-0.2, 0) is 9.53 Å². The average molecular weight is 173 g/mol. The number of amides is 1. The van der Waals surface area contributed by atoms with Crippen LogP contribution in [-0.4, -0.2) is 39.8 Å². The van der Waals surface area contributed by atoms with E-state index in [1.54, 1.807) is 0 Å². The predicted molar refractivity (Wildman–Crippen MR) is 36.4 cm³/mol. The van der Waals surface area contributed by atoms with Gasteiger partial charge in [-0.3, -0.25) is 4.90 Å². The van der Waals surface area contributed by atoms with Gasteiger partial charge in [0.2, 0.25) is 6.10 Å². The van der Waals surface area contributed by atoms with Crippen molar-refractivity contribution in [2.75, 3.05) is 6.54 Å². The van der Waals surface area contributed by atoms with Gasteiger partial charge in [0, 0.05) is 6.20 Å². The Morgan fingerprint density at radius 1 is 1.50 bits per heavy atom. The fourth-order valence-corrected chi connectivity index (χ4v) is 0.764. The maximum Gasteiger partial charge on any atom is 0.411 e. The van der Waals surface area contributed by atoms with Crippen LogP contribution in [0.3, 0.4) is 0 Å². The van der Waals surface area contributed by atoms with E-state index in [1.807, 2.05) is 0 Å². The van der Waals surface area contributed by atoms with Gasteiger partial charge < -0.3 is 14.9 Å². The molecule has 0 saturated heterocycles. The number of carboxylic acids is 1. The van der Waals surface area contributed by atoms with E-state index in [2.05, 4.69) is 4.74 Å². The highest BCUT2D eigenvalue weighted by molar-refractivity contribution is 5.74. The monoisotopic (exact) mass is 173 g/mol. The van der Waals surface area contributed by atoms with Crippen LogP contribution in [0.15, 0.2) is 12.5 Å². The highest BCUT2D eigenvalue weighted by atomic mass is 16.5. The number of rotatable bonds is 1. The second-order valence-corrected chi connectivity index (χ2v) is 2.18. The minimum atomic E-state index is -1.19. The molecule has 0 aromatic heterocycles. The van der Waals surface area contributed by atoms with Crippen molar-refractivity contribution in [2.24, 2.45) is 0 Å². The predicted octanol–water partition coefficient (Wildman–Crippen LogP) is -0.0790. The first kappa shape index (κ1) is 8.38.